The molecule has 4 rings (SSSR count). The Morgan fingerprint density at radius 2 is 2.07 bits per heavy atom. The molecule has 27 heavy (non-hydrogen) atoms. The molecule has 0 saturated carbocycles. The van der Waals surface area contributed by atoms with Crippen LogP contribution in [0, 0.1) is 0 Å². The summed E-state index contributed by atoms with van der Waals surface area (Å²) < 4.78 is 13.0. The number of fused-ring (bicyclic) bond motifs is 1. The molecule has 140 valence electrons. The van der Waals surface area contributed by atoms with E-state index < -0.39 is 0 Å². The molecule has 0 spiro atoms. The van der Waals surface area contributed by atoms with Gasteiger partial charge >= 0.3 is 0 Å². The highest BCUT2D eigenvalue weighted by molar-refractivity contribution is 5.92. The van der Waals surface area contributed by atoms with Gasteiger partial charge in [0.2, 0.25) is 0 Å². The minimum Gasteiger partial charge on any atom is -0.463 e. The molecular weight excluding hydrogens is 344 g/mol. The van der Waals surface area contributed by atoms with Crippen molar-refractivity contribution in [2.24, 2.45) is 0 Å². The van der Waals surface area contributed by atoms with Crippen LogP contribution < -0.4 is 5.32 Å². The third-order valence-electron chi connectivity index (χ3n) is 4.51. The van der Waals surface area contributed by atoms with Gasteiger partial charge in [0.1, 0.15) is 5.69 Å². The van der Waals surface area contributed by atoms with Crippen LogP contribution in [0.4, 0.5) is 0 Å². The molecule has 0 aliphatic carbocycles. The molecule has 4 aromatic heterocycles. The molecule has 4 aromatic rings. The van der Waals surface area contributed by atoms with Crippen molar-refractivity contribution >= 4 is 11.0 Å². The number of furan rings is 1. The predicted molar refractivity (Wildman–Crippen MR) is 101 cm³/mol. The molecule has 0 aliphatic heterocycles. The third kappa shape index (κ3) is 3.23. The summed E-state index contributed by atoms with van der Waals surface area (Å²) in [7, 11) is 1.91. The van der Waals surface area contributed by atoms with Crippen molar-refractivity contribution in [2.75, 3.05) is 7.05 Å². The van der Waals surface area contributed by atoms with Gasteiger partial charge in [-0.05, 0) is 46.0 Å². The van der Waals surface area contributed by atoms with Gasteiger partial charge in [0.15, 0.2) is 17.2 Å². The highest BCUT2D eigenvalue weighted by atomic mass is 16.5. The van der Waals surface area contributed by atoms with Crippen LogP contribution in [0.15, 0.2) is 39.6 Å². The van der Waals surface area contributed by atoms with Crippen molar-refractivity contribution in [1.82, 2.24) is 30.2 Å². The van der Waals surface area contributed by atoms with Crippen molar-refractivity contribution in [3.8, 4) is 22.9 Å². The van der Waals surface area contributed by atoms with Crippen molar-refractivity contribution in [3.05, 3.63) is 36.5 Å². The number of likely N-dealkylation sites (N-methyl/N-ethyl adjacent to an activating group) is 1. The first kappa shape index (κ1) is 17.4. The van der Waals surface area contributed by atoms with Crippen LogP contribution in [0.25, 0.3) is 33.9 Å². The maximum Gasteiger partial charge on any atom is 0.258 e. The first-order valence-electron chi connectivity index (χ1n) is 8.99. The second-order valence-corrected chi connectivity index (χ2v) is 6.86. The Bertz CT molecular complexity index is 1050. The minimum absolute atomic E-state index is 0.171. The Hall–Kier alpha value is -3.00. The Balaban J connectivity index is 1.86. The largest absolute Gasteiger partial charge is 0.463 e. The van der Waals surface area contributed by atoms with Crippen LogP contribution in [0.1, 0.15) is 32.6 Å². The van der Waals surface area contributed by atoms with E-state index in [1.165, 1.54) is 0 Å². The number of aromatic nitrogens is 5. The quantitative estimate of drug-likeness (QED) is 0.558. The summed E-state index contributed by atoms with van der Waals surface area (Å²) in [6.07, 6.45) is 4.11. The number of pyridine rings is 1. The van der Waals surface area contributed by atoms with Gasteiger partial charge in [-0.25, -0.2) is 9.67 Å². The van der Waals surface area contributed by atoms with Gasteiger partial charge < -0.3 is 14.3 Å². The van der Waals surface area contributed by atoms with Gasteiger partial charge in [-0.15, -0.1) is 0 Å². The van der Waals surface area contributed by atoms with E-state index in [9.17, 15) is 0 Å². The second-order valence-electron chi connectivity index (χ2n) is 6.86. The zero-order valence-corrected chi connectivity index (χ0v) is 15.8. The molecule has 0 aromatic carbocycles. The molecule has 8 nitrogen and oxygen atoms in total. The van der Waals surface area contributed by atoms with E-state index in [4.69, 9.17) is 13.9 Å². The lowest BCUT2D eigenvalue weighted by atomic mass is 10.1. The molecule has 1 N–H and O–H groups in total. The first-order valence-corrected chi connectivity index (χ1v) is 8.99. The highest BCUT2D eigenvalue weighted by Gasteiger charge is 2.20. The molecule has 0 radical (unpaired) electrons. The van der Waals surface area contributed by atoms with Crippen LogP contribution in [0.5, 0.6) is 0 Å². The smallest absolute Gasteiger partial charge is 0.258 e. The fraction of sp³-hybridized carbons (Fsp3) is 0.368. The minimum atomic E-state index is 0.171. The standard InChI is InChI=1S/C19H22N6O2/c1-11(2)25-18-14(10-21-25)13(9-15(22-18)16-6-5-7-26-16)19-23-17(24-27-19)8-12(3)20-4/h5-7,9-12,20H,8H2,1-4H3. The molecule has 1 unspecified atom stereocenters. The lowest BCUT2D eigenvalue weighted by Gasteiger charge is -2.08. The zero-order chi connectivity index (χ0) is 19.0. The number of nitrogens with one attached hydrogen (secondary N) is 1. The van der Waals surface area contributed by atoms with E-state index in [1.54, 1.807) is 12.5 Å². The normalized spacial score (nSPS) is 12.9. The lowest BCUT2D eigenvalue weighted by Crippen LogP contribution is -2.24. The summed E-state index contributed by atoms with van der Waals surface area (Å²) in [6, 6.07) is 6.05. The van der Waals surface area contributed by atoms with E-state index in [0.29, 0.717) is 29.6 Å². The second kappa shape index (κ2) is 6.96. The summed E-state index contributed by atoms with van der Waals surface area (Å²) in [6.45, 7) is 6.21. The van der Waals surface area contributed by atoms with Gasteiger partial charge in [-0.2, -0.15) is 10.1 Å². The van der Waals surface area contributed by atoms with Crippen molar-refractivity contribution in [1.29, 1.82) is 0 Å². The van der Waals surface area contributed by atoms with Gasteiger partial charge in [0.05, 0.1) is 23.4 Å². The summed E-state index contributed by atoms with van der Waals surface area (Å²) in [5.41, 5.74) is 2.26. The Kier molecular flexibility index (Phi) is 4.49. The monoisotopic (exact) mass is 366 g/mol. The average Bonchev–Trinajstić information content (AvgIpc) is 3.40. The van der Waals surface area contributed by atoms with Crippen LogP contribution in [-0.4, -0.2) is 38.0 Å². The maximum atomic E-state index is 5.56. The van der Waals surface area contributed by atoms with Crippen LogP contribution in [-0.2, 0) is 6.42 Å². The van der Waals surface area contributed by atoms with Crippen molar-refractivity contribution < 1.29 is 8.94 Å². The Morgan fingerprint density at radius 3 is 2.78 bits per heavy atom. The lowest BCUT2D eigenvalue weighted by molar-refractivity contribution is 0.418. The van der Waals surface area contributed by atoms with Gasteiger partial charge in [-0.3, -0.25) is 0 Å². The maximum absolute atomic E-state index is 5.56. The molecule has 0 fully saturated rings. The van der Waals surface area contributed by atoms with Gasteiger partial charge in [0, 0.05) is 18.5 Å². The van der Waals surface area contributed by atoms with Gasteiger partial charge in [-0.1, -0.05) is 5.16 Å². The van der Waals surface area contributed by atoms with Crippen LogP contribution in [0.2, 0.25) is 0 Å². The summed E-state index contributed by atoms with van der Waals surface area (Å²) in [5, 5.41) is 12.7. The Labute approximate surface area is 156 Å². The summed E-state index contributed by atoms with van der Waals surface area (Å²) in [4.78, 5) is 9.34. The fourth-order valence-corrected chi connectivity index (χ4v) is 2.95. The van der Waals surface area contributed by atoms with Crippen LogP contribution >= 0.6 is 0 Å². The molecule has 4 heterocycles. The van der Waals surface area contributed by atoms with E-state index >= 15 is 0 Å². The van der Waals surface area contributed by atoms with Crippen molar-refractivity contribution in [2.45, 2.75) is 39.3 Å². The first-order chi connectivity index (χ1) is 13.1. The number of rotatable bonds is 6. The topological polar surface area (TPSA) is 94.8 Å². The Morgan fingerprint density at radius 1 is 1.22 bits per heavy atom. The van der Waals surface area contributed by atoms with Gasteiger partial charge in [0.25, 0.3) is 5.89 Å². The fourth-order valence-electron chi connectivity index (χ4n) is 2.95. The zero-order valence-electron chi connectivity index (χ0n) is 15.8. The third-order valence-corrected chi connectivity index (χ3v) is 4.51. The van der Waals surface area contributed by atoms with Crippen molar-refractivity contribution in [3.63, 3.8) is 0 Å². The number of hydrogen-bond donors (Lipinski definition) is 1. The van der Waals surface area contributed by atoms with Crippen LogP contribution in [0.3, 0.4) is 0 Å². The van der Waals surface area contributed by atoms with E-state index in [0.717, 1.165) is 16.6 Å². The molecule has 0 aliphatic rings. The number of nitrogens with zero attached hydrogens (tertiary/aromatic N) is 5. The molecule has 0 amide bonds. The number of hydrogen-bond acceptors (Lipinski definition) is 7. The predicted octanol–water partition coefficient (Wildman–Crippen LogP) is 3.47. The summed E-state index contributed by atoms with van der Waals surface area (Å²) >= 11 is 0. The van der Waals surface area contributed by atoms with E-state index in [1.807, 2.05) is 29.9 Å². The molecule has 0 saturated heterocycles. The van der Waals surface area contributed by atoms with E-state index in [2.05, 4.69) is 41.3 Å². The molecule has 8 heteroatoms. The molecule has 0 bridgehead atoms. The molecular formula is C19H22N6O2. The SMILES string of the molecule is CNC(C)Cc1noc(-c2cc(-c3ccco3)nc3c2cnn3C(C)C)n1. The molecule has 1 atom stereocenters. The average molecular weight is 366 g/mol. The summed E-state index contributed by atoms with van der Waals surface area (Å²) in [5.74, 6) is 1.79. The van der Waals surface area contributed by atoms with E-state index in [-0.39, 0.29) is 12.1 Å². The highest BCUT2D eigenvalue weighted by Crippen LogP contribution is 2.32.